The van der Waals surface area contributed by atoms with Crippen LogP contribution in [0.15, 0.2) is 18.2 Å². The highest BCUT2D eigenvalue weighted by molar-refractivity contribution is 5.94. The molecule has 2 rings (SSSR count). The summed E-state index contributed by atoms with van der Waals surface area (Å²) in [5, 5.41) is 2.75. The summed E-state index contributed by atoms with van der Waals surface area (Å²) < 4.78 is 15.6. The van der Waals surface area contributed by atoms with Crippen molar-refractivity contribution in [1.82, 2.24) is 5.32 Å². The third kappa shape index (κ3) is 2.88. The largest absolute Gasteiger partial charge is 0.486 e. The zero-order valence-corrected chi connectivity index (χ0v) is 9.69. The molecule has 0 fully saturated rings. The Morgan fingerprint density at radius 1 is 1.35 bits per heavy atom. The van der Waals surface area contributed by atoms with E-state index in [0.29, 0.717) is 43.4 Å². The fourth-order valence-electron chi connectivity index (χ4n) is 1.55. The van der Waals surface area contributed by atoms with E-state index in [4.69, 9.17) is 14.2 Å². The van der Waals surface area contributed by atoms with Gasteiger partial charge in [-0.1, -0.05) is 0 Å². The highest BCUT2D eigenvalue weighted by atomic mass is 16.6. The minimum atomic E-state index is -0.140. The van der Waals surface area contributed by atoms with Crippen LogP contribution in [-0.2, 0) is 4.74 Å². The summed E-state index contributed by atoms with van der Waals surface area (Å²) in [5.74, 6) is 1.17. The average Bonchev–Trinajstić information content (AvgIpc) is 2.38. The molecule has 0 saturated heterocycles. The summed E-state index contributed by atoms with van der Waals surface area (Å²) >= 11 is 0. The van der Waals surface area contributed by atoms with Gasteiger partial charge in [0.1, 0.15) is 13.2 Å². The van der Waals surface area contributed by atoms with Gasteiger partial charge < -0.3 is 19.5 Å². The number of rotatable bonds is 4. The van der Waals surface area contributed by atoms with Crippen molar-refractivity contribution in [1.29, 1.82) is 0 Å². The first-order valence-corrected chi connectivity index (χ1v) is 5.48. The van der Waals surface area contributed by atoms with Gasteiger partial charge in [0.25, 0.3) is 5.91 Å². The second kappa shape index (κ2) is 5.54. The molecule has 1 aliphatic rings. The van der Waals surface area contributed by atoms with Gasteiger partial charge in [0, 0.05) is 19.2 Å². The summed E-state index contributed by atoms with van der Waals surface area (Å²) in [6, 6.07) is 5.16. The first kappa shape index (κ1) is 11.7. The van der Waals surface area contributed by atoms with Crippen LogP contribution in [-0.4, -0.2) is 39.4 Å². The lowest BCUT2D eigenvalue weighted by Gasteiger charge is -2.18. The van der Waals surface area contributed by atoms with Crippen LogP contribution in [0, 0.1) is 0 Å². The zero-order valence-electron chi connectivity index (χ0n) is 9.69. The standard InChI is InChI=1S/C12H15NO4/c1-15-5-4-13-12(14)9-2-3-10-11(8-9)17-7-6-16-10/h2-3,8H,4-7H2,1H3,(H,13,14). The molecule has 17 heavy (non-hydrogen) atoms. The Balaban J connectivity index is 2.03. The number of hydrogen-bond acceptors (Lipinski definition) is 4. The Morgan fingerprint density at radius 3 is 2.88 bits per heavy atom. The number of carbonyl (C=O) groups excluding carboxylic acids is 1. The molecule has 5 nitrogen and oxygen atoms in total. The quantitative estimate of drug-likeness (QED) is 0.788. The summed E-state index contributed by atoms with van der Waals surface area (Å²) in [6.45, 7) is 2.05. The van der Waals surface area contributed by atoms with E-state index in [1.807, 2.05) is 0 Å². The highest BCUT2D eigenvalue weighted by Gasteiger charge is 2.14. The number of carbonyl (C=O) groups is 1. The molecule has 0 saturated carbocycles. The van der Waals surface area contributed by atoms with Crippen LogP contribution in [0.4, 0.5) is 0 Å². The van der Waals surface area contributed by atoms with Crippen LogP contribution in [0.5, 0.6) is 11.5 Å². The number of nitrogens with one attached hydrogen (secondary N) is 1. The van der Waals surface area contributed by atoms with Crippen molar-refractivity contribution in [2.75, 3.05) is 33.5 Å². The average molecular weight is 237 g/mol. The molecule has 1 amide bonds. The summed E-state index contributed by atoms with van der Waals surface area (Å²) in [7, 11) is 1.59. The molecule has 1 N–H and O–H groups in total. The van der Waals surface area contributed by atoms with Gasteiger partial charge in [-0.3, -0.25) is 4.79 Å². The molecular weight excluding hydrogens is 222 g/mol. The molecule has 0 spiro atoms. The molecule has 1 aliphatic heterocycles. The Labute approximate surface area is 99.7 Å². The van der Waals surface area contributed by atoms with E-state index in [1.54, 1.807) is 25.3 Å². The van der Waals surface area contributed by atoms with Crippen molar-refractivity contribution in [2.45, 2.75) is 0 Å². The van der Waals surface area contributed by atoms with Gasteiger partial charge in [-0.2, -0.15) is 0 Å². The Bertz CT molecular complexity index is 405. The van der Waals surface area contributed by atoms with Crippen molar-refractivity contribution in [3.63, 3.8) is 0 Å². The molecule has 0 aromatic heterocycles. The van der Waals surface area contributed by atoms with E-state index >= 15 is 0 Å². The summed E-state index contributed by atoms with van der Waals surface area (Å²) in [4.78, 5) is 11.7. The van der Waals surface area contributed by atoms with Crippen molar-refractivity contribution >= 4 is 5.91 Å². The first-order chi connectivity index (χ1) is 8.31. The minimum Gasteiger partial charge on any atom is -0.486 e. The van der Waals surface area contributed by atoms with Crippen LogP contribution in [0.3, 0.4) is 0 Å². The van der Waals surface area contributed by atoms with Crippen molar-refractivity contribution in [3.05, 3.63) is 23.8 Å². The van der Waals surface area contributed by atoms with Gasteiger partial charge in [-0.05, 0) is 18.2 Å². The molecule has 1 heterocycles. The summed E-state index contributed by atoms with van der Waals surface area (Å²) in [6.07, 6.45) is 0. The maximum absolute atomic E-state index is 11.7. The van der Waals surface area contributed by atoms with E-state index < -0.39 is 0 Å². The predicted molar refractivity (Wildman–Crippen MR) is 61.6 cm³/mol. The van der Waals surface area contributed by atoms with Gasteiger partial charge in [0.2, 0.25) is 0 Å². The second-order valence-electron chi connectivity index (χ2n) is 3.61. The number of benzene rings is 1. The van der Waals surface area contributed by atoms with Crippen LogP contribution >= 0.6 is 0 Å². The number of hydrogen-bond donors (Lipinski definition) is 1. The normalized spacial score (nSPS) is 13.2. The van der Waals surface area contributed by atoms with Crippen molar-refractivity contribution < 1.29 is 19.0 Å². The second-order valence-corrected chi connectivity index (χ2v) is 3.61. The molecule has 92 valence electrons. The monoisotopic (exact) mass is 237 g/mol. The van der Waals surface area contributed by atoms with E-state index in [1.165, 1.54) is 0 Å². The number of methoxy groups -OCH3 is 1. The van der Waals surface area contributed by atoms with Crippen LogP contribution in [0.1, 0.15) is 10.4 Å². The molecule has 0 radical (unpaired) electrons. The van der Waals surface area contributed by atoms with Crippen molar-refractivity contribution in [2.24, 2.45) is 0 Å². The van der Waals surface area contributed by atoms with Crippen LogP contribution in [0.2, 0.25) is 0 Å². The highest BCUT2D eigenvalue weighted by Crippen LogP contribution is 2.30. The lowest BCUT2D eigenvalue weighted by atomic mass is 10.2. The molecule has 0 unspecified atom stereocenters. The molecule has 0 aliphatic carbocycles. The topological polar surface area (TPSA) is 56.8 Å². The van der Waals surface area contributed by atoms with E-state index in [2.05, 4.69) is 5.32 Å². The molecule has 0 bridgehead atoms. The molecule has 5 heteroatoms. The smallest absolute Gasteiger partial charge is 0.251 e. The van der Waals surface area contributed by atoms with E-state index in [-0.39, 0.29) is 5.91 Å². The Morgan fingerprint density at radius 2 is 2.12 bits per heavy atom. The molecule has 0 atom stereocenters. The third-order valence-corrected chi connectivity index (χ3v) is 2.40. The van der Waals surface area contributed by atoms with Crippen molar-refractivity contribution in [3.8, 4) is 11.5 Å². The lowest BCUT2D eigenvalue weighted by molar-refractivity contribution is 0.0936. The number of fused-ring (bicyclic) bond motifs is 1. The van der Waals surface area contributed by atoms with E-state index in [0.717, 1.165) is 0 Å². The maximum Gasteiger partial charge on any atom is 0.251 e. The minimum absolute atomic E-state index is 0.140. The maximum atomic E-state index is 11.7. The van der Waals surface area contributed by atoms with Gasteiger partial charge in [0.15, 0.2) is 11.5 Å². The SMILES string of the molecule is COCCNC(=O)c1ccc2c(c1)OCCO2. The fraction of sp³-hybridized carbons (Fsp3) is 0.417. The Hall–Kier alpha value is -1.75. The van der Waals surface area contributed by atoms with Gasteiger partial charge in [-0.25, -0.2) is 0 Å². The first-order valence-electron chi connectivity index (χ1n) is 5.48. The Kier molecular flexibility index (Phi) is 3.82. The predicted octanol–water partition coefficient (Wildman–Crippen LogP) is 0.834. The zero-order chi connectivity index (χ0) is 12.1. The molecular formula is C12H15NO4. The van der Waals surface area contributed by atoms with Crippen LogP contribution < -0.4 is 14.8 Å². The third-order valence-electron chi connectivity index (χ3n) is 2.40. The number of ether oxygens (including phenoxy) is 3. The number of amides is 1. The fourth-order valence-corrected chi connectivity index (χ4v) is 1.55. The van der Waals surface area contributed by atoms with Gasteiger partial charge in [-0.15, -0.1) is 0 Å². The molecule has 1 aromatic carbocycles. The summed E-state index contributed by atoms with van der Waals surface area (Å²) in [5.41, 5.74) is 0.561. The van der Waals surface area contributed by atoms with Gasteiger partial charge in [0.05, 0.1) is 6.61 Å². The van der Waals surface area contributed by atoms with E-state index in [9.17, 15) is 4.79 Å². The van der Waals surface area contributed by atoms with Gasteiger partial charge >= 0.3 is 0 Å². The molecule has 1 aromatic rings. The van der Waals surface area contributed by atoms with Crippen LogP contribution in [0.25, 0.3) is 0 Å². The lowest BCUT2D eigenvalue weighted by Crippen LogP contribution is -2.27.